The van der Waals surface area contributed by atoms with Crippen molar-refractivity contribution in [2.45, 2.75) is 32.2 Å². The second-order valence-electron chi connectivity index (χ2n) is 5.26. The highest BCUT2D eigenvalue weighted by Crippen LogP contribution is 2.22. The van der Waals surface area contributed by atoms with Gasteiger partial charge in [0.25, 0.3) is 0 Å². The fourth-order valence-corrected chi connectivity index (χ4v) is 2.39. The van der Waals surface area contributed by atoms with Crippen LogP contribution < -0.4 is 5.32 Å². The van der Waals surface area contributed by atoms with Gasteiger partial charge in [-0.25, -0.2) is 0 Å². The number of aryl methyl sites for hydroxylation is 1. The quantitative estimate of drug-likeness (QED) is 0.687. The lowest BCUT2D eigenvalue weighted by molar-refractivity contribution is -0.138. The Morgan fingerprint density at radius 1 is 1.23 bits per heavy atom. The van der Waals surface area contributed by atoms with Crippen LogP contribution in [-0.2, 0) is 9.59 Å². The summed E-state index contributed by atoms with van der Waals surface area (Å²) in [6.45, 7) is 9.22. The summed E-state index contributed by atoms with van der Waals surface area (Å²) in [5.74, 6) is -1.39. The van der Waals surface area contributed by atoms with E-state index in [4.69, 9.17) is 5.11 Å². The Hall–Kier alpha value is -2.36. The Balaban J connectivity index is 2.95. The zero-order valence-corrected chi connectivity index (χ0v) is 12.9. The monoisotopic (exact) mass is 301 g/mol. The molecule has 0 aliphatic rings. The zero-order chi connectivity index (χ0) is 16.5. The normalized spacial score (nSPS) is 11.7. The van der Waals surface area contributed by atoms with E-state index in [0.717, 1.165) is 11.1 Å². The van der Waals surface area contributed by atoms with Crippen LogP contribution in [0.2, 0.25) is 0 Å². The molecule has 0 spiro atoms. The zero-order valence-electron chi connectivity index (χ0n) is 12.9. The third kappa shape index (κ3) is 5.20. The molecule has 4 nitrogen and oxygen atoms in total. The summed E-state index contributed by atoms with van der Waals surface area (Å²) in [5, 5.41) is 12.0. The van der Waals surface area contributed by atoms with Gasteiger partial charge in [-0.1, -0.05) is 36.4 Å². The number of nitrogens with one attached hydrogen (secondary N) is 1. The fraction of sp³-hybridized carbons (Fsp3) is 0.333. The molecule has 0 saturated heterocycles. The summed E-state index contributed by atoms with van der Waals surface area (Å²) >= 11 is 0. The summed E-state index contributed by atoms with van der Waals surface area (Å²) in [7, 11) is 0. The van der Waals surface area contributed by atoms with Crippen LogP contribution in [0.1, 0.15) is 36.4 Å². The van der Waals surface area contributed by atoms with Crippen LogP contribution in [0.4, 0.5) is 0 Å². The summed E-state index contributed by atoms with van der Waals surface area (Å²) in [4.78, 5) is 23.5. The van der Waals surface area contributed by atoms with E-state index in [0.29, 0.717) is 12.8 Å². The average Bonchev–Trinajstić information content (AvgIpc) is 2.46. The molecule has 0 fully saturated rings. The number of benzene rings is 1. The van der Waals surface area contributed by atoms with Gasteiger partial charge >= 0.3 is 5.97 Å². The van der Waals surface area contributed by atoms with Gasteiger partial charge in [0.1, 0.15) is 0 Å². The van der Waals surface area contributed by atoms with Crippen molar-refractivity contribution in [1.82, 2.24) is 5.32 Å². The molecule has 0 aromatic heterocycles. The molecule has 0 bridgehead atoms. The van der Waals surface area contributed by atoms with Crippen LogP contribution in [0, 0.1) is 12.8 Å². The molecule has 0 heterocycles. The standard InChI is InChI=1S/C18H23NO3/c1-4-8-14(9-5-2)18(22)19-16(12-17(20)21)15-11-7-6-10-13(15)3/h4-7,10-11,14,16H,1-2,8-9,12H2,3H3,(H,19,22)(H,20,21). The number of aliphatic carboxylic acids is 1. The lowest BCUT2D eigenvalue weighted by Gasteiger charge is -2.22. The summed E-state index contributed by atoms with van der Waals surface area (Å²) < 4.78 is 0. The smallest absolute Gasteiger partial charge is 0.305 e. The minimum absolute atomic E-state index is 0.147. The fourth-order valence-electron chi connectivity index (χ4n) is 2.39. The Kier molecular flexibility index (Phi) is 7.09. The number of carbonyl (C=O) groups excluding carboxylic acids is 1. The molecule has 1 rings (SSSR count). The van der Waals surface area contributed by atoms with Crippen LogP contribution in [0.3, 0.4) is 0 Å². The van der Waals surface area contributed by atoms with Gasteiger partial charge in [0, 0.05) is 5.92 Å². The van der Waals surface area contributed by atoms with Crippen molar-refractivity contribution in [3.8, 4) is 0 Å². The Morgan fingerprint density at radius 3 is 2.32 bits per heavy atom. The molecule has 2 N–H and O–H groups in total. The van der Waals surface area contributed by atoms with Gasteiger partial charge in [-0.2, -0.15) is 0 Å². The highest BCUT2D eigenvalue weighted by atomic mass is 16.4. The Morgan fingerprint density at radius 2 is 1.82 bits per heavy atom. The molecule has 0 radical (unpaired) electrons. The van der Waals surface area contributed by atoms with E-state index < -0.39 is 12.0 Å². The predicted molar refractivity (Wildman–Crippen MR) is 87.4 cm³/mol. The van der Waals surface area contributed by atoms with Crippen molar-refractivity contribution in [2.75, 3.05) is 0 Å². The topological polar surface area (TPSA) is 66.4 Å². The molecule has 0 aliphatic heterocycles. The summed E-state index contributed by atoms with van der Waals surface area (Å²) in [6.07, 6.45) is 4.30. The molecular weight excluding hydrogens is 278 g/mol. The predicted octanol–water partition coefficient (Wildman–Crippen LogP) is 3.40. The molecule has 1 aromatic carbocycles. The van der Waals surface area contributed by atoms with E-state index in [1.54, 1.807) is 12.2 Å². The van der Waals surface area contributed by atoms with Crippen LogP contribution in [0.15, 0.2) is 49.6 Å². The van der Waals surface area contributed by atoms with Crippen molar-refractivity contribution in [1.29, 1.82) is 0 Å². The van der Waals surface area contributed by atoms with Crippen LogP contribution >= 0.6 is 0 Å². The number of rotatable bonds is 9. The van der Waals surface area contributed by atoms with Gasteiger partial charge in [-0.05, 0) is 30.9 Å². The lowest BCUT2D eigenvalue weighted by Crippen LogP contribution is -2.35. The maximum atomic E-state index is 12.4. The van der Waals surface area contributed by atoms with Crippen molar-refractivity contribution >= 4 is 11.9 Å². The minimum atomic E-state index is -0.947. The average molecular weight is 301 g/mol. The van der Waals surface area contributed by atoms with E-state index in [2.05, 4.69) is 18.5 Å². The SMILES string of the molecule is C=CCC(CC=C)C(=O)NC(CC(=O)O)c1ccccc1C. The lowest BCUT2D eigenvalue weighted by atomic mass is 9.96. The molecule has 1 amide bonds. The molecule has 22 heavy (non-hydrogen) atoms. The number of carbonyl (C=O) groups is 2. The van der Waals surface area contributed by atoms with Crippen molar-refractivity contribution in [3.05, 3.63) is 60.7 Å². The van der Waals surface area contributed by atoms with E-state index >= 15 is 0 Å². The maximum Gasteiger partial charge on any atom is 0.305 e. The van der Waals surface area contributed by atoms with E-state index in [-0.39, 0.29) is 18.2 Å². The summed E-state index contributed by atoms with van der Waals surface area (Å²) in [6, 6.07) is 6.94. The number of hydrogen-bond acceptors (Lipinski definition) is 2. The molecular formula is C18H23NO3. The largest absolute Gasteiger partial charge is 0.481 e. The van der Waals surface area contributed by atoms with Crippen LogP contribution in [0.5, 0.6) is 0 Å². The maximum absolute atomic E-state index is 12.4. The first kappa shape index (κ1) is 17.7. The first-order valence-electron chi connectivity index (χ1n) is 7.29. The van der Waals surface area contributed by atoms with Crippen molar-refractivity contribution in [3.63, 3.8) is 0 Å². The molecule has 0 saturated carbocycles. The number of hydrogen-bond donors (Lipinski definition) is 2. The second-order valence-corrected chi connectivity index (χ2v) is 5.26. The van der Waals surface area contributed by atoms with Gasteiger partial charge in [0.05, 0.1) is 12.5 Å². The first-order valence-corrected chi connectivity index (χ1v) is 7.29. The third-order valence-electron chi connectivity index (χ3n) is 3.53. The summed E-state index contributed by atoms with van der Waals surface area (Å²) in [5.41, 5.74) is 1.78. The van der Waals surface area contributed by atoms with Gasteiger partial charge in [0.15, 0.2) is 0 Å². The number of carboxylic acid groups (broad SMARTS) is 1. The Bertz CT molecular complexity index is 541. The van der Waals surface area contributed by atoms with Gasteiger partial charge < -0.3 is 10.4 Å². The van der Waals surface area contributed by atoms with E-state index in [9.17, 15) is 9.59 Å². The molecule has 4 heteroatoms. The number of carboxylic acids is 1. The second kappa shape index (κ2) is 8.82. The number of allylic oxidation sites excluding steroid dienone is 2. The van der Waals surface area contributed by atoms with Gasteiger partial charge in [-0.3, -0.25) is 9.59 Å². The van der Waals surface area contributed by atoms with E-state index in [1.807, 2.05) is 31.2 Å². The van der Waals surface area contributed by atoms with Crippen LogP contribution in [-0.4, -0.2) is 17.0 Å². The third-order valence-corrected chi connectivity index (χ3v) is 3.53. The van der Waals surface area contributed by atoms with E-state index in [1.165, 1.54) is 0 Å². The number of amides is 1. The van der Waals surface area contributed by atoms with Gasteiger partial charge in [-0.15, -0.1) is 13.2 Å². The van der Waals surface area contributed by atoms with Gasteiger partial charge in [0.2, 0.25) is 5.91 Å². The Labute approximate surface area is 131 Å². The molecule has 1 unspecified atom stereocenters. The first-order chi connectivity index (χ1) is 10.5. The highest BCUT2D eigenvalue weighted by Gasteiger charge is 2.23. The molecule has 0 aliphatic carbocycles. The molecule has 1 aromatic rings. The minimum Gasteiger partial charge on any atom is -0.481 e. The molecule has 1 atom stereocenters. The van der Waals surface area contributed by atoms with Crippen molar-refractivity contribution in [2.24, 2.45) is 5.92 Å². The molecule has 118 valence electrons. The highest BCUT2D eigenvalue weighted by molar-refractivity contribution is 5.80. The van der Waals surface area contributed by atoms with Crippen LogP contribution in [0.25, 0.3) is 0 Å². The van der Waals surface area contributed by atoms with Crippen molar-refractivity contribution < 1.29 is 14.7 Å².